The summed E-state index contributed by atoms with van der Waals surface area (Å²) in [6.45, 7) is 2.27. The number of rotatable bonds is 18. The Morgan fingerprint density at radius 1 is 0.607 bits per heavy atom. The van der Waals surface area contributed by atoms with Crippen molar-refractivity contribution in [2.45, 2.75) is 129 Å². The van der Waals surface area contributed by atoms with Crippen molar-refractivity contribution in [2.24, 2.45) is 0 Å². The molecule has 2 nitrogen and oxygen atoms in total. The molecule has 0 bridgehead atoms. The van der Waals surface area contributed by atoms with Crippen LogP contribution in [0.3, 0.4) is 0 Å². The van der Waals surface area contributed by atoms with Crippen LogP contribution in [-0.4, -0.2) is 13.1 Å². The number of hydrogen-bond donors (Lipinski definition) is 0. The quantitative estimate of drug-likeness (QED) is 0.137. The standard InChI is InChI=1S/C26H44O2/c1-3-4-5-6-7-8-9-10-11-12-13-14-15-16-17-18-19-20-21-22-23-24-25-26(27)28-2/h3-11,16-25H2,1-2H3. The first kappa shape index (κ1) is 26.6. The molecule has 0 N–H and O–H groups in total. The number of unbranched alkanes of at least 4 members (excludes halogenated alkanes) is 16. The highest BCUT2D eigenvalue weighted by Crippen LogP contribution is 2.11. The molecule has 0 aromatic carbocycles. The van der Waals surface area contributed by atoms with Gasteiger partial charge in [-0.3, -0.25) is 4.79 Å². The summed E-state index contributed by atoms with van der Waals surface area (Å²) in [5.41, 5.74) is 0. The average Bonchev–Trinajstić information content (AvgIpc) is 2.71. The van der Waals surface area contributed by atoms with Crippen molar-refractivity contribution in [1.29, 1.82) is 0 Å². The Morgan fingerprint density at radius 3 is 1.43 bits per heavy atom. The van der Waals surface area contributed by atoms with E-state index in [9.17, 15) is 4.79 Å². The van der Waals surface area contributed by atoms with E-state index in [0.717, 1.165) is 25.7 Å². The summed E-state index contributed by atoms with van der Waals surface area (Å²) in [5, 5.41) is 0. The van der Waals surface area contributed by atoms with E-state index in [4.69, 9.17) is 0 Å². The third-order valence-electron chi connectivity index (χ3n) is 5.05. The Morgan fingerprint density at radius 2 is 1.00 bits per heavy atom. The Labute approximate surface area is 175 Å². The average molecular weight is 389 g/mol. The topological polar surface area (TPSA) is 26.3 Å². The summed E-state index contributed by atoms with van der Waals surface area (Å²) >= 11 is 0. The second kappa shape index (κ2) is 23.6. The van der Waals surface area contributed by atoms with Gasteiger partial charge >= 0.3 is 5.97 Å². The number of methoxy groups -OCH3 is 1. The second-order valence-electron chi connectivity index (χ2n) is 7.73. The van der Waals surface area contributed by atoms with Crippen LogP contribution in [0.15, 0.2) is 0 Å². The Hall–Kier alpha value is -1.41. The summed E-state index contributed by atoms with van der Waals surface area (Å²) in [6, 6.07) is 0. The lowest BCUT2D eigenvalue weighted by Crippen LogP contribution is -1.99. The number of esters is 1. The summed E-state index contributed by atoms with van der Waals surface area (Å²) in [7, 11) is 1.46. The van der Waals surface area contributed by atoms with Gasteiger partial charge in [0.25, 0.3) is 0 Å². The number of ether oxygens (including phenoxy) is 1. The maximum absolute atomic E-state index is 11.0. The van der Waals surface area contributed by atoms with Crippen LogP contribution in [0.25, 0.3) is 0 Å². The molecule has 0 unspecified atom stereocenters. The highest BCUT2D eigenvalue weighted by Gasteiger charge is 1.98. The highest BCUT2D eigenvalue weighted by atomic mass is 16.5. The van der Waals surface area contributed by atoms with Crippen molar-refractivity contribution < 1.29 is 9.53 Å². The van der Waals surface area contributed by atoms with E-state index in [2.05, 4.69) is 35.3 Å². The highest BCUT2D eigenvalue weighted by molar-refractivity contribution is 5.68. The minimum atomic E-state index is -0.0843. The zero-order valence-electron chi connectivity index (χ0n) is 18.8. The Kier molecular flexibility index (Phi) is 22.4. The fourth-order valence-corrected chi connectivity index (χ4v) is 3.21. The second-order valence-corrected chi connectivity index (χ2v) is 7.73. The van der Waals surface area contributed by atoms with Crippen LogP contribution in [0.5, 0.6) is 0 Å². The van der Waals surface area contributed by atoms with E-state index in [0.29, 0.717) is 6.42 Å². The van der Waals surface area contributed by atoms with Crippen LogP contribution < -0.4 is 0 Å². The first-order valence-electron chi connectivity index (χ1n) is 11.8. The van der Waals surface area contributed by atoms with Gasteiger partial charge in [-0.05, 0) is 31.1 Å². The smallest absolute Gasteiger partial charge is 0.305 e. The normalized spacial score (nSPS) is 9.93. The van der Waals surface area contributed by atoms with E-state index in [-0.39, 0.29) is 5.97 Å². The van der Waals surface area contributed by atoms with Gasteiger partial charge in [0, 0.05) is 19.3 Å². The number of hydrogen-bond acceptors (Lipinski definition) is 2. The van der Waals surface area contributed by atoms with Gasteiger partial charge < -0.3 is 4.74 Å². The molecular weight excluding hydrogens is 344 g/mol. The van der Waals surface area contributed by atoms with Gasteiger partial charge in [0.1, 0.15) is 0 Å². The monoisotopic (exact) mass is 388 g/mol. The summed E-state index contributed by atoms with van der Waals surface area (Å²) in [6.07, 6.45) is 23.0. The van der Waals surface area contributed by atoms with Crippen molar-refractivity contribution in [3.05, 3.63) is 0 Å². The van der Waals surface area contributed by atoms with Gasteiger partial charge in [-0.15, -0.1) is 0 Å². The van der Waals surface area contributed by atoms with Gasteiger partial charge in [0.15, 0.2) is 0 Å². The van der Waals surface area contributed by atoms with E-state index in [1.54, 1.807) is 0 Å². The first-order chi connectivity index (χ1) is 13.8. The minimum absolute atomic E-state index is 0.0843. The predicted molar refractivity (Wildman–Crippen MR) is 121 cm³/mol. The molecule has 0 radical (unpaired) electrons. The lowest BCUT2D eigenvalue weighted by molar-refractivity contribution is -0.140. The molecule has 0 heterocycles. The first-order valence-corrected chi connectivity index (χ1v) is 11.8. The van der Waals surface area contributed by atoms with Crippen molar-refractivity contribution in [3.63, 3.8) is 0 Å². The predicted octanol–water partition coefficient (Wildman–Crippen LogP) is 7.60. The maximum Gasteiger partial charge on any atom is 0.305 e. The van der Waals surface area contributed by atoms with E-state index >= 15 is 0 Å². The molecule has 0 aliphatic heterocycles. The lowest BCUT2D eigenvalue weighted by Gasteiger charge is -2.01. The molecule has 0 spiro atoms. The lowest BCUT2D eigenvalue weighted by atomic mass is 10.1. The molecule has 0 aliphatic carbocycles. The zero-order chi connectivity index (χ0) is 20.5. The number of carbonyl (C=O) groups is 1. The third kappa shape index (κ3) is 22.6. The van der Waals surface area contributed by atoms with Crippen molar-refractivity contribution in [3.8, 4) is 23.7 Å². The SMILES string of the molecule is CCCCCCCCCCC#CC#CCCCCCCCCCCC(=O)OC. The molecule has 0 rings (SSSR count). The third-order valence-corrected chi connectivity index (χ3v) is 5.05. The zero-order valence-corrected chi connectivity index (χ0v) is 18.8. The van der Waals surface area contributed by atoms with E-state index < -0.39 is 0 Å². The molecular formula is C26H44O2. The van der Waals surface area contributed by atoms with Crippen molar-refractivity contribution >= 4 is 5.97 Å². The molecule has 0 aromatic rings. The van der Waals surface area contributed by atoms with Crippen LogP contribution >= 0.6 is 0 Å². The van der Waals surface area contributed by atoms with Crippen LogP contribution in [0.2, 0.25) is 0 Å². The fraction of sp³-hybridized carbons (Fsp3) is 0.808. The molecule has 160 valence electrons. The minimum Gasteiger partial charge on any atom is -0.469 e. The number of carbonyl (C=O) groups excluding carboxylic acids is 1. The molecule has 0 saturated carbocycles. The van der Waals surface area contributed by atoms with Crippen molar-refractivity contribution in [1.82, 2.24) is 0 Å². The van der Waals surface area contributed by atoms with Gasteiger partial charge in [-0.1, -0.05) is 102 Å². The maximum atomic E-state index is 11.0. The molecule has 0 fully saturated rings. The van der Waals surface area contributed by atoms with Crippen LogP contribution in [0.4, 0.5) is 0 Å². The van der Waals surface area contributed by atoms with Crippen molar-refractivity contribution in [2.75, 3.05) is 7.11 Å². The molecule has 0 atom stereocenters. The molecule has 28 heavy (non-hydrogen) atoms. The molecule has 0 saturated heterocycles. The Bertz CT molecular complexity index is 458. The van der Waals surface area contributed by atoms with Gasteiger partial charge in [-0.25, -0.2) is 0 Å². The van der Waals surface area contributed by atoms with Gasteiger partial charge in [0.05, 0.1) is 7.11 Å². The summed E-state index contributed by atoms with van der Waals surface area (Å²) < 4.78 is 4.64. The molecule has 0 aromatic heterocycles. The molecule has 0 amide bonds. The van der Waals surface area contributed by atoms with Crippen LogP contribution in [0, 0.1) is 23.7 Å². The van der Waals surface area contributed by atoms with E-state index in [1.165, 1.54) is 97.0 Å². The van der Waals surface area contributed by atoms with E-state index in [1.807, 2.05) is 0 Å². The van der Waals surface area contributed by atoms with Gasteiger partial charge in [-0.2, -0.15) is 0 Å². The largest absolute Gasteiger partial charge is 0.469 e. The van der Waals surface area contributed by atoms with Gasteiger partial charge in [0.2, 0.25) is 0 Å². The molecule has 0 aliphatic rings. The fourth-order valence-electron chi connectivity index (χ4n) is 3.21. The van der Waals surface area contributed by atoms with Crippen LogP contribution in [-0.2, 0) is 9.53 Å². The Balaban J connectivity index is 3.25. The summed E-state index contributed by atoms with van der Waals surface area (Å²) in [5.74, 6) is 12.3. The van der Waals surface area contributed by atoms with Crippen LogP contribution in [0.1, 0.15) is 129 Å². The molecule has 2 heteroatoms. The summed E-state index contributed by atoms with van der Waals surface area (Å²) in [4.78, 5) is 11.0.